The van der Waals surface area contributed by atoms with Gasteiger partial charge in [-0.05, 0) is 0 Å². The van der Waals surface area contributed by atoms with Gasteiger partial charge in [0.1, 0.15) is 17.6 Å². The smallest absolute Gasteiger partial charge is 0.363 e. The Hall–Kier alpha value is -2.43. The number of carbonyl (C=O) groups is 3. The second kappa shape index (κ2) is 9.86. The molecule has 1 saturated heterocycles. The zero-order valence-electron chi connectivity index (χ0n) is 15.0. The number of oxime groups is 1. The highest BCUT2D eigenvalue weighted by atomic mass is 32.2. The first kappa shape index (κ1) is 22.9. The van der Waals surface area contributed by atoms with Crippen molar-refractivity contribution in [2.24, 2.45) is 5.16 Å². The number of aromatic nitrogens is 1. The van der Waals surface area contributed by atoms with Crippen molar-refractivity contribution >= 4 is 62.5 Å². The van der Waals surface area contributed by atoms with E-state index in [0.29, 0.717) is 10.8 Å². The quantitative estimate of drug-likeness (QED) is 0.104. The second-order valence-electron chi connectivity index (χ2n) is 5.53. The number of thioether (sulfide) groups is 1. The number of β-lactam (4-membered cyclic amide) rings is 1. The third-order valence-corrected chi connectivity index (χ3v) is 6.36. The molecular weight excluding hydrogens is 448 g/mol. The molecule has 13 nitrogen and oxygen atoms in total. The van der Waals surface area contributed by atoms with E-state index in [1.54, 1.807) is 5.38 Å². The minimum atomic E-state index is -4.79. The average molecular weight is 467 g/mol. The molecule has 0 radical (unpaired) electrons. The molecular formula is C13H18N6O7S3. The number of anilines is 1. The number of hydrogen-bond acceptors (Lipinski definition) is 11. The number of rotatable bonds is 10. The SMILES string of the molecule is CC(=O)NCCSC1C(NC(=O)/C=N/OCc2csc(N)n2)C(=O)N1S(=O)(=O)O. The lowest BCUT2D eigenvalue weighted by atomic mass is 10.1. The van der Waals surface area contributed by atoms with Crippen LogP contribution >= 0.6 is 23.1 Å². The van der Waals surface area contributed by atoms with Gasteiger partial charge in [-0.3, -0.25) is 18.9 Å². The molecule has 0 aliphatic carbocycles. The van der Waals surface area contributed by atoms with Crippen molar-refractivity contribution in [1.82, 2.24) is 19.9 Å². The van der Waals surface area contributed by atoms with Crippen LogP contribution in [-0.2, 0) is 36.1 Å². The maximum Gasteiger partial charge on any atom is 0.363 e. The van der Waals surface area contributed by atoms with Gasteiger partial charge in [0.15, 0.2) is 11.7 Å². The van der Waals surface area contributed by atoms with Gasteiger partial charge in [0.25, 0.3) is 11.8 Å². The highest BCUT2D eigenvalue weighted by Crippen LogP contribution is 2.32. The van der Waals surface area contributed by atoms with E-state index in [9.17, 15) is 27.4 Å². The normalized spacial score (nSPS) is 19.1. The topological polar surface area (TPSA) is 193 Å². The number of hydrogen-bond donors (Lipinski definition) is 4. The van der Waals surface area contributed by atoms with Crippen molar-refractivity contribution in [2.75, 3.05) is 18.0 Å². The minimum absolute atomic E-state index is 0.0159. The lowest BCUT2D eigenvalue weighted by molar-refractivity contribution is -0.140. The second-order valence-corrected chi connectivity index (χ2v) is 8.93. The molecule has 1 aliphatic heterocycles. The fourth-order valence-corrected chi connectivity index (χ4v) is 5.01. The predicted octanol–water partition coefficient (Wildman–Crippen LogP) is -1.45. The van der Waals surface area contributed by atoms with Crippen LogP contribution < -0.4 is 16.4 Å². The van der Waals surface area contributed by atoms with E-state index in [4.69, 9.17) is 10.6 Å². The Balaban J connectivity index is 1.88. The Morgan fingerprint density at radius 2 is 2.28 bits per heavy atom. The Labute approximate surface area is 173 Å². The number of nitrogens with two attached hydrogens (primary N) is 1. The summed E-state index contributed by atoms with van der Waals surface area (Å²) in [7, 11) is -4.79. The summed E-state index contributed by atoms with van der Waals surface area (Å²) in [5.41, 5.74) is 5.99. The first-order valence-corrected chi connectivity index (χ1v) is 11.2. The van der Waals surface area contributed by atoms with Gasteiger partial charge in [0, 0.05) is 24.6 Å². The van der Waals surface area contributed by atoms with E-state index in [0.717, 1.165) is 18.0 Å². The molecule has 3 amide bonds. The van der Waals surface area contributed by atoms with Crippen molar-refractivity contribution in [1.29, 1.82) is 0 Å². The van der Waals surface area contributed by atoms with Crippen LogP contribution in [0.15, 0.2) is 10.5 Å². The Kier molecular flexibility index (Phi) is 7.77. The number of carbonyl (C=O) groups excluding carboxylic acids is 3. The van der Waals surface area contributed by atoms with E-state index in [1.807, 2.05) is 0 Å². The highest BCUT2D eigenvalue weighted by Gasteiger charge is 2.54. The average Bonchev–Trinajstić information content (AvgIpc) is 3.03. The summed E-state index contributed by atoms with van der Waals surface area (Å²) in [5.74, 6) is -1.83. The molecule has 1 fully saturated rings. The summed E-state index contributed by atoms with van der Waals surface area (Å²) >= 11 is 2.18. The Morgan fingerprint density at radius 1 is 1.55 bits per heavy atom. The fourth-order valence-electron chi connectivity index (χ4n) is 2.15. The number of nitrogens with zero attached hydrogens (tertiary/aromatic N) is 3. The van der Waals surface area contributed by atoms with Crippen molar-refractivity contribution in [3.8, 4) is 0 Å². The number of nitrogen functional groups attached to an aromatic ring is 1. The van der Waals surface area contributed by atoms with Crippen LogP contribution in [0.1, 0.15) is 12.6 Å². The summed E-state index contributed by atoms with van der Waals surface area (Å²) in [6, 6.07) is -1.20. The molecule has 160 valence electrons. The van der Waals surface area contributed by atoms with E-state index < -0.39 is 33.5 Å². The summed E-state index contributed by atoms with van der Waals surface area (Å²) < 4.78 is 32.2. The minimum Gasteiger partial charge on any atom is -0.389 e. The van der Waals surface area contributed by atoms with Gasteiger partial charge in [0.2, 0.25) is 5.91 Å². The Morgan fingerprint density at radius 3 is 2.86 bits per heavy atom. The summed E-state index contributed by atoms with van der Waals surface area (Å²) in [4.78, 5) is 43.6. The van der Waals surface area contributed by atoms with Crippen molar-refractivity contribution in [3.63, 3.8) is 0 Å². The lowest BCUT2D eigenvalue weighted by Gasteiger charge is -2.43. The number of thiazole rings is 1. The van der Waals surface area contributed by atoms with Crippen LogP contribution in [0.3, 0.4) is 0 Å². The third-order valence-electron chi connectivity index (χ3n) is 3.34. The van der Waals surface area contributed by atoms with Crippen molar-refractivity contribution in [2.45, 2.75) is 24.9 Å². The molecule has 0 bridgehead atoms. The Bertz CT molecular complexity index is 902. The van der Waals surface area contributed by atoms with E-state index in [1.165, 1.54) is 18.3 Å². The van der Waals surface area contributed by atoms with Gasteiger partial charge in [-0.25, -0.2) is 4.98 Å². The molecule has 1 aromatic rings. The van der Waals surface area contributed by atoms with Gasteiger partial charge in [-0.1, -0.05) is 5.16 Å². The standard InChI is InChI=1S/C13H18N6O7S3/c1-7(20)15-2-3-27-12-10(11(22)19(12)29(23,24)25)18-9(21)4-16-26-5-8-6-28-13(14)17-8/h4,6,10,12H,2-3,5H2,1H3,(H2,14,17)(H,15,20)(H,18,21)(H,23,24,25)/b16-4+. The van der Waals surface area contributed by atoms with Gasteiger partial charge in [0.05, 0.1) is 5.69 Å². The molecule has 0 spiro atoms. The molecule has 29 heavy (non-hydrogen) atoms. The number of amides is 3. The van der Waals surface area contributed by atoms with Gasteiger partial charge in [-0.2, -0.15) is 12.7 Å². The third kappa shape index (κ3) is 6.55. The van der Waals surface area contributed by atoms with E-state index in [-0.39, 0.29) is 29.1 Å². The zero-order chi connectivity index (χ0) is 21.6. The van der Waals surface area contributed by atoms with E-state index in [2.05, 4.69) is 20.8 Å². The van der Waals surface area contributed by atoms with Crippen LogP contribution in [-0.4, -0.2) is 69.9 Å². The molecule has 2 atom stereocenters. The van der Waals surface area contributed by atoms with Gasteiger partial charge in [-0.15, -0.1) is 23.1 Å². The maximum absolute atomic E-state index is 12.0. The molecule has 2 heterocycles. The van der Waals surface area contributed by atoms with Crippen LogP contribution in [0.4, 0.5) is 5.13 Å². The molecule has 1 aliphatic rings. The molecule has 0 aromatic carbocycles. The van der Waals surface area contributed by atoms with Crippen LogP contribution in [0.5, 0.6) is 0 Å². The molecule has 5 N–H and O–H groups in total. The predicted molar refractivity (Wildman–Crippen MR) is 105 cm³/mol. The molecule has 16 heteroatoms. The van der Waals surface area contributed by atoms with Gasteiger partial charge < -0.3 is 21.2 Å². The first-order chi connectivity index (χ1) is 13.6. The maximum atomic E-state index is 12.0. The van der Waals surface area contributed by atoms with Gasteiger partial charge >= 0.3 is 10.3 Å². The zero-order valence-corrected chi connectivity index (χ0v) is 17.4. The van der Waals surface area contributed by atoms with Crippen LogP contribution in [0.2, 0.25) is 0 Å². The summed E-state index contributed by atoms with van der Waals surface area (Å²) in [6.45, 7) is 1.51. The monoisotopic (exact) mass is 466 g/mol. The molecule has 2 rings (SSSR count). The fraction of sp³-hybridized carbons (Fsp3) is 0.462. The lowest BCUT2D eigenvalue weighted by Crippen LogP contribution is -2.70. The van der Waals surface area contributed by atoms with E-state index >= 15 is 0 Å². The van der Waals surface area contributed by atoms with Crippen molar-refractivity contribution in [3.05, 3.63) is 11.1 Å². The van der Waals surface area contributed by atoms with Crippen LogP contribution in [0, 0.1) is 0 Å². The highest BCUT2D eigenvalue weighted by molar-refractivity contribution is 8.00. The summed E-state index contributed by atoms with van der Waals surface area (Å²) in [5, 5.41) is 9.19. The van der Waals surface area contributed by atoms with Crippen LogP contribution in [0.25, 0.3) is 0 Å². The molecule has 1 aromatic heterocycles. The molecule has 0 saturated carbocycles. The number of nitrogens with one attached hydrogen (secondary N) is 2. The van der Waals surface area contributed by atoms with Crippen molar-refractivity contribution < 1.29 is 32.2 Å². The largest absolute Gasteiger partial charge is 0.389 e. The molecule has 2 unspecified atom stereocenters. The first-order valence-electron chi connectivity index (χ1n) is 7.92. The summed E-state index contributed by atoms with van der Waals surface area (Å²) in [6.07, 6.45) is 0.776.